The van der Waals surface area contributed by atoms with Crippen LogP contribution in [0.25, 0.3) is 0 Å². The Balaban J connectivity index is 2.07. The van der Waals surface area contributed by atoms with Crippen LogP contribution in [0.5, 0.6) is 0 Å². The molecule has 0 radical (unpaired) electrons. The van der Waals surface area contributed by atoms with E-state index in [1.54, 1.807) is 4.90 Å². The van der Waals surface area contributed by atoms with E-state index in [-0.39, 0.29) is 35.2 Å². The summed E-state index contributed by atoms with van der Waals surface area (Å²) >= 11 is 1.34. The molecule has 1 aliphatic heterocycles. The van der Waals surface area contributed by atoms with Gasteiger partial charge in [-0.3, -0.25) is 4.79 Å². The van der Waals surface area contributed by atoms with E-state index in [1.807, 2.05) is 32.4 Å². The lowest BCUT2D eigenvalue weighted by Gasteiger charge is -2.33. The Labute approximate surface area is 141 Å². The van der Waals surface area contributed by atoms with Crippen LogP contribution in [-0.2, 0) is 21.7 Å². The van der Waals surface area contributed by atoms with Gasteiger partial charge in [-0.15, -0.1) is 10.2 Å². The first-order chi connectivity index (χ1) is 10.7. The smallest absolute Gasteiger partial charge is 0.233 e. The number of hydrogen-bond donors (Lipinski definition) is 0. The van der Waals surface area contributed by atoms with Gasteiger partial charge >= 0.3 is 0 Å². The molecule has 0 unspecified atom stereocenters. The third kappa shape index (κ3) is 4.26. The fraction of sp³-hybridized carbons (Fsp3) is 0.786. The van der Waals surface area contributed by atoms with Crippen molar-refractivity contribution in [2.75, 3.05) is 17.3 Å². The number of sulfone groups is 1. The van der Waals surface area contributed by atoms with E-state index >= 15 is 0 Å². The fourth-order valence-electron chi connectivity index (χ4n) is 2.72. The zero-order chi connectivity index (χ0) is 17.2. The SMILES string of the molecule is CC[C@H](C)N(C(=O)CSc1nnc(C)n1C)[C@H]1CCS(=O)(=O)C1. The van der Waals surface area contributed by atoms with Crippen molar-refractivity contribution in [1.29, 1.82) is 0 Å². The maximum atomic E-state index is 12.7. The first kappa shape index (κ1) is 18.3. The van der Waals surface area contributed by atoms with E-state index in [0.717, 1.165) is 12.2 Å². The van der Waals surface area contributed by atoms with Gasteiger partial charge in [0, 0.05) is 19.1 Å². The van der Waals surface area contributed by atoms with E-state index in [2.05, 4.69) is 10.2 Å². The van der Waals surface area contributed by atoms with Crippen LogP contribution in [0, 0.1) is 6.92 Å². The zero-order valence-electron chi connectivity index (χ0n) is 14.0. The van der Waals surface area contributed by atoms with Crippen molar-refractivity contribution in [1.82, 2.24) is 19.7 Å². The van der Waals surface area contributed by atoms with Gasteiger partial charge in [-0.25, -0.2) is 8.42 Å². The third-order valence-corrected chi connectivity index (χ3v) is 7.09. The number of thioether (sulfide) groups is 1. The van der Waals surface area contributed by atoms with Gasteiger partial charge in [-0.1, -0.05) is 18.7 Å². The summed E-state index contributed by atoms with van der Waals surface area (Å²) in [6, 6.07) is -0.174. The summed E-state index contributed by atoms with van der Waals surface area (Å²) in [5.74, 6) is 1.25. The molecule has 2 heterocycles. The van der Waals surface area contributed by atoms with Crippen molar-refractivity contribution < 1.29 is 13.2 Å². The normalized spacial score (nSPS) is 21.3. The molecule has 23 heavy (non-hydrogen) atoms. The largest absolute Gasteiger partial charge is 0.335 e. The second-order valence-corrected chi connectivity index (χ2v) is 9.16. The molecule has 0 saturated carbocycles. The van der Waals surface area contributed by atoms with Gasteiger partial charge in [0.1, 0.15) is 5.82 Å². The molecule has 130 valence electrons. The number of aryl methyl sites for hydroxylation is 1. The Hall–Kier alpha value is -1.09. The summed E-state index contributed by atoms with van der Waals surface area (Å²) in [4.78, 5) is 14.5. The topological polar surface area (TPSA) is 85.2 Å². The van der Waals surface area contributed by atoms with Crippen LogP contribution in [0.2, 0.25) is 0 Å². The highest BCUT2D eigenvalue weighted by atomic mass is 32.2. The van der Waals surface area contributed by atoms with Crippen molar-refractivity contribution in [3.63, 3.8) is 0 Å². The van der Waals surface area contributed by atoms with E-state index in [4.69, 9.17) is 0 Å². The zero-order valence-corrected chi connectivity index (χ0v) is 15.7. The molecule has 7 nitrogen and oxygen atoms in total. The lowest BCUT2D eigenvalue weighted by atomic mass is 10.1. The van der Waals surface area contributed by atoms with Crippen LogP contribution in [0.15, 0.2) is 5.16 Å². The molecule has 2 atom stereocenters. The van der Waals surface area contributed by atoms with Gasteiger partial charge in [0.25, 0.3) is 0 Å². The number of carbonyl (C=O) groups excluding carboxylic acids is 1. The predicted molar refractivity (Wildman–Crippen MR) is 90.1 cm³/mol. The van der Waals surface area contributed by atoms with E-state index in [0.29, 0.717) is 11.6 Å². The summed E-state index contributed by atoms with van der Waals surface area (Å²) in [5.41, 5.74) is 0. The molecular weight excluding hydrogens is 336 g/mol. The van der Waals surface area contributed by atoms with Gasteiger partial charge in [0.15, 0.2) is 15.0 Å². The molecule has 0 aliphatic carbocycles. The van der Waals surface area contributed by atoms with Gasteiger partial charge in [-0.05, 0) is 26.7 Å². The van der Waals surface area contributed by atoms with Gasteiger partial charge in [0.2, 0.25) is 5.91 Å². The molecule has 1 fully saturated rings. The van der Waals surface area contributed by atoms with E-state index < -0.39 is 9.84 Å². The van der Waals surface area contributed by atoms with Gasteiger partial charge < -0.3 is 9.47 Å². The molecule has 2 rings (SSSR count). The summed E-state index contributed by atoms with van der Waals surface area (Å²) in [6.07, 6.45) is 1.34. The lowest BCUT2D eigenvalue weighted by Crippen LogP contribution is -2.47. The second kappa shape index (κ2) is 7.21. The number of amides is 1. The van der Waals surface area contributed by atoms with Crippen LogP contribution < -0.4 is 0 Å². The Kier molecular flexibility index (Phi) is 5.72. The van der Waals surface area contributed by atoms with Crippen LogP contribution in [0.1, 0.15) is 32.5 Å². The maximum absolute atomic E-state index is 12.7. The number of nitrogens with zero attached hydrogens (tertiary/aromatic N) is 4. The molecule has 1 aromatic heterocycles. The highest BCUT2D eigenvalue weighted by molar-refractivity contribution is 7.99. The number of carbonyl (C=O) groups is 1. The summed E-state index contributed by atoms with van der Waals surface area (Å²) in [5, 5.41) is 8.71. The van der Waals surface area contributed by atoms with Crippen LogP contribution >= 0.6 is 11.8 Å². The van der Waals surface area contributed by atoms with E-state index in [1.165, 1.54) is 11.8 Å². The Bertz CT molecular complexity index is 672. The lowest BCUT2D eigenvalue weighted by molar-refractivity contribution is -0.132. The van der Waals surface area contributed by atoms with Gasteiger partial charge in [-0.2, -0.15) is 0 Å². The molecule has 1 aliphatic rings. The first-order valence-corrected chi connectivity index (χ1v) is 10.6. The average Bonchev–Trinajstić information content (AvgIpc) is 3.00. The summed E-state index contributed by atoms with van der Waals surface area (Å²) in [6.45, 7) is 5.83. The quantitative estimate of drug-likeness (QED) is 0.705. The predicted octanol–water partition coefficient (Wildman–Crippen LogP) is 1.03. The summed E-state index contributed by atoms with van der Waals surface area (Å²) in [7, 11) is -1.15. The van der Waals surface area contributed by atoms with Crippen LogP contribution in [0.3, 0.4) is 0 Å². The average molecular weight is 361 g/mol. The number of rotatable bonds is 6. The molecule has 0 N–H and O–H groups in total. The van der Waals surface area contributed by atoms with Crippen LogP contribution in [-0.4, -0.2) is 63.3 Å². The summed E-state index contributed by atoms with van der Waals surface area (Å²) < 4.78 is 25.3. The van der Waals surface area contributed by atoms with Crippen LogP contribution in [0.4, 0.5) is 0 Å². The Morgan fingerprint density at radius 2 is 2.17 bits per heavy atom. The Morgan fingerprint density at radius 1 is 1.48 bits per heavy atom. The van der Waals surface area contributed by atoms with Gasteiger partial charge in [0.05, 0.1) is 17.3 Å². The molecular formula is C14H24N4O3S2. The van der Waals surface area contributed by atoms with Crippen molar-refractivity contribution >= 4 is 27.5 Å². The molecule has 0 spiro atoms. The van der Waals surface area contributed by atoms with Crippen molar-refractivity contribution in [2.45, 2.75) is 50.9 Å². The molecule has 9 heteroatoms. The Morgan fingerprint density at radius 3 is 2.65 bits per heavy atom. The maximum Gasteiger partial charge on any atom is 0.233 e. The highest BCUT2D eigenvalue weighted by Crippen LogP contribution is 2.24. The van der Waals surface area contributed by atoms with Crippen molar-refractivity contribution in [3.8, 4) is 0 Å². The van der Waals surface area contributed by atoms with E-state index in [9.17, 15) is 13.2 Å². The first-order valence-electron chi connectivity index (χ1n) is 7.75. The monoisotopic (exact) mass is 360 g/mol. The molecule has 1 saturated heterocycles. The fourth-order valence-corrected chi connectivity index (χ4v) is 5.25. The number of aromatic nitrogens is 3. The molecule has 0 aromatic carbocycles. The minimum Gasteiger partial charge on any atom is -0.335 e. The highest BCUT2D eigenvalue weighted by Gasteiger charge is 2.36. The molecule has 1 aromatic rings. The minimum atomic E-state index is -3.01. The standard InChI is InChI=1S/C14H24N4O3S2/c1-5-10(2)18(12-6-7-23(20,21)9-12)13(19)8-22-14-16-15-11(3)17(14)4/h10,12H,5-9H2,1-4H3/t10-,12-/m0/s1. The molecule has 0 bridgehead atoms. The van der Waals surface area contributed by atoms with Crippen molar-refractivity contribution in [2.24, 2.45) is 7.05 Å². The minimum absolute atomic E-state index is 0.0302. The second-order valence-electron chi connectivity index (χ2n) is 5.99. The van der Waals surface area contributed by atoms with Crippen molar-refractivity contribution in [3.05, 3.63) is 5.82 Å². The molecule has 1 amide bonds. The third-order valence-electron chi connectivity index (χ3n) is 4.33. The number of hydrogen-bond acceptors (Lipinski definition) is 6.